The van der Waals surface area contributed by atoms with E-state index in [0.717, 1.165) is 12.8 Å². The highest BCUT2D eigenvalue weighted by Crippen LogP contribution is 1.96. The Bertz CT molecular complexity index is 78.5. The number of alkyl halides is 2. The van der Waals surface area contributed by atoms with Crippen LogP contribution in [-0.4, -0.2) is 25.7 Å². The zero-order valence-corrected chi connectivity index (χ0v) is 6.72. The van der Waals surface area contributed by atoms with Crippen LogP contribution >= 0.6 is 0 Å². The number of rotatable bonds is 6. The van der Waals surface area contributed by atoms with Crippen LogP contribution in [0.3, 0.4) is 0 Å². The fourth-order valence-corrected chi connectivity index (χ4v) is 0.680. The second kappa shape index (κ2) is 6.49. The molecule has 68 valence electrons. The van der Waals surface area contributed by atoms with Crippen molar-refractivity contribution in [2.45, 2.75) is 32.2 Å². The highest BCUT2D eigenvalue weighted by Gasteiger charge is 2.01. The summed E-state index contributed by atoms with van der Waals surface area (Å²) in [5, 5.41) is 0. The molecule has 0 spiro atoms. The predicted octanol–water partition coefficient (Wildman–Crippen LogP) is 1.40. The van der Waals surface area contributed by atoms with E-state index in [4.69, 9.17) is 5.73 Å². The van der Waals surface area contributed by atoms with Crippen molar-refractivity contribution < 1.29 is 13.5 Å². The third-order valence-corrected chi connectivity index (χ3v) is 1.19. The third-order valence-electron chi connectivity index (χ3n) is 1.19. The Labute approximate surface area is 65.7 Å². The number of halogens is 2. The van der Waals surface area contributed by atoms with Gasteiger partial charge in [-0.3, -0.25) is 0 Å². The van der Waals surface area contributed by atoms with Crippen LogP contribution < -0.4 is 5.73 Å². The fourth-order valence-electron chi connectivity index (χ4n) is 0.680. The summed E-state index contributed by atoms with van der Waals surface area (Å²) in [5.74, 6) is 0. The van der Waals surface area contributed by atoms with Crippen LogP contribution in [0.1, 0.15) is 19.8 Å². The molecule has 0 saturated carbocycles. The Morgan fingerprint density at radius 1 is 1.45 bits per heavy atom. The largest absolute Gasteiger partial charge is 0.376 e. The van der Waals surface area contributed by atoms with Crippen molar-refractivity contribution in [1.29, 1.82) is 0 Å². The molecule has 1 unspecified atom stereocenters. The van der Waals surface area contributed by atoms with Crippen molar-refractivity contribution in [2.24, 2.45) is 5.73 Å². The Morgan fingerprint density at radius 3 is 2.55 bits per heavy atom. The Morgan fingerprint density at radius 2 is 2.09 bits per heavy atom. The molecule has 0 fully saturated rings. The van der Waals surface area contributed by atoms with Gasteiger partial charge in [-0.25, -0.2) is 8.78 Å². The van der Waals surface area contributed by atoms with Gasteiger partial charge in [0.25, 0.3) is 6.43 Å². The normalized spacial score (nSPS) is 13.9. The summed E-state index contributed by atoms with van der Waals surface area (Å²) in [6.07, 6.45) is -0.779. The Kier molecular flexibility index (Phi) is 6.36. The molecule has 0 aromatic rings. The fraction of sp³-hybridized carbons (Fsp3) is 1.00. The van der Waals surface area contributed by atoms with E-state index in [2.05, 4.69) is 4.74 Å². The molecule has 0 aromatic carbocycles. The molecule has 2 nitrogen and oxygen atoms in total. The topological polar surface area (TPSA) is 35.2 Å². The molecule has 11 heavy (non-hydrogen) atoms. The van der Waals surface area contributed by atoms with Gasteiger partial charge >= 0.3 is 0 Å². The number of ether oxygens (including phenoxy) is 1. The van der Waals surface area contributed by atoms with Gasteiger partial charge in [0, 0.05) is 12.6 Å². The monoisotopic (exact) mass is 167 g/mol. The van der Waals surface area contributed by atoms with E-state index in [0.29, 0.717) is 6.61 Å². The van der Waals surface area contributed by atoms with E-state index in [1.54, 1.807) is 0 Å². The summed E-state index contributed by atoms with van der Waals surface area (Å²) >= 11 is 0. The molecule has 0 bridgehead atoms. The van der Waals surface area contributed by atoms with Gasteiger partial charge in [0.1, 0.15) is 6.61 Å². The molecule has 0 saturated heterocycles. The van der Waals surface area contributed by atoms with Gasteiger partial charge in [-0.1, -0.05) is 0 Å². The number of nitrogens with two attached hydrogens (primary N) is 1. The van der Waals surface area contributed by atoms with E-state index in [9.17, 15) is 8.78 Å². The van der Waals surface area contributed by atoms with Gasteiger partial charge in [-0.05, 0) is 19.8 Å². The first-order valence-electron chi connectivity index (χ1n) is 3.74. The summed E-state index contributed by atoms with van der Waals surface area (Å²) < 4.78 is 27.6. The quantitative estimate of drug-likeness (QED) is 0.607. The number of hydrogen-bond acceptors (Lipinski definition) is 2. The summed E-state index contributed by atoms with van der Waals surface area (Å²) in [5.41, 5.74) is 5.43. The summed E-state index contributed by atoms with van der Waals surface area (Å²) in [7, 11) is 0. The summed E-state index contributed by atoms with van der Waals surface area (Å²) in [6.45, 7) is 1.80. The molecule has 0 aliphatic heterocycles. The highest BCUT2D eigenvalue weighted by atomic mass is 19.3. The molecule has 2 N–H and O–H groups in total. The SMILES string of the molecule is CC(N)CCCOCC(F)F. The molecule has 0 aliphatic rings. The van der Waals surface area contributed by atoms with E-state index >= 15 is 0 Å². The van der Waals surface area contributed by atoms with Gasteiger partial charge in [0.05, 0.1) is 0 Å². The Balaban J connectivity index is 2.91. The van der Waals surface area contributed by atoms with Crippen LogP contribution in [0, 0.1) is 0 Å². The highest BCUT2D eigenvalue weighted by molar-refractivity contribution is 4.51. The molecule has 0 aromatic heterocycles. The first-order valence-corrected chi connectivity index (χ1v) is 3.74. The molecular weight excluding hydrogens is 152 g/mol. The zero-order chi connectivity index (χ0) is 8.69. The van der Waals surface area contributed by atoms with E-state index in [-0.39, 0.29) is 6.04 Å². The minimum atomic E-state index is -2.36. The maximum Gasteiger partial charge on any atom is 0.261 e. The van der Waals surface area contributed by atoms with Crippen molar-refractivity contribution in [3.05, 3.63) is 0 Å². The van der Waals surface area contributed by atoms with E-state index < -0.39 is 13.0 Å². The maximum atomic E-state index is 11.5. The molecule has 0 amide bonds. The minimum Gasteiger partial charge on any atom is -0.376 e. The predicted molar refractivity (Wildman–Crippen MR) is 39.7 cm³/mol. The van der Waals surface area contributed by atoms with Crippen molar-refractivity contribution in [3.63, 3.8) is 0 Å². The third kappa shape index (κ3) is 9.78. The van der Waals surface area contributed by atoms with Crippen LogP contribution in [-0.2, 0) is 4.74 Å². The lowest BCUT2D eigenvalue weighted by Crippen LogP contribution is -2.15. The molecule has 0 heterocycles. The van der Waals surface area contributed by atoms with Gasteiger partial charge in [-0.2, -0.15) is 0 Å². The molecule has 0 rings (SSSR count). The first-order chi connectivity index (χ1) is 5.13. The van der Waals surface area contributed by atoms with Gasteiger partial charge in [-0.15, -0.1) is 0 Å². The first kappa shape index (κ1) is 10.8. The second-order valence-electron chi connectivity index (χ2n) is 2.59. The van der Waals surface area contributed by atoms with Gasteiger partial charge in [0.15, 0.2) is 0 Å². The van der Waals surface area contributed by atoms with Crippen molar-refractivity contribution in [1.82, 2.24) is 0 Å². The van der Waals surface area contributed by atoms with Crippen molar-refractivity contribution in [2.75, 3.05) is 13.2 Å². The molecule has 0 aliphatic carbocycles. The molecule has 0 radical (unpaired) electrons. The standard InChI is InChI=1S/C7H15F2NO/c1-6(10)3-2-4-11-5-7(8)9/h6-7H,2-5,10H2,1H3. The van der Waals surface area contributed by atoms with Crippen LogP contribution in [0.2, 0.25) is 0 Å². The van der Waals surface area contributed by atoms with Crippen molar-refractivity contribution >= 4 is 0 Å². The van der Waals surface area contributed by atoms with Crippen LogP contribution in [0.4, 0.5) is 8.78 Å². The summed E-state index contributed by atoms with van der Waals surface area (Å²) in [4.78, 5) is 0. The maximum absolute atomic E-state index is 11.5. The lowest BCUT2D eigenvalue weighted by Gasteiger charge is -2.05. The van der Waals surface area contributed by atoms with E-state index in [1.165, 1.54) is 0 Å². The zero-order valence-electron chi connectivity index (χ0n) is 6.72. The molecule has 1 atom stereocenters. The summed E-state index contributed by atoms with van der Waals surface area (Å²) in [6, 6.07) is 0.130. The average Bonchev–Trinajstić information content (AvgIpc) is 1.85. The molecular formula is C7H15F2NO. The smallest absolute Gasteiger partial charge is 0.261 e. The van der Waals surface area contributed by atoms with Crippen LogP contribution in [0.25, 0.3) is 0 Å². The molecule has 4 heteroatoms. The van der Waals surface area contributed by atoms with Gasteiger partial charge in [0.2, 0.25) is 0 Å². The number of hydrogen-bond donors (Lipinski definition) is 1. The van der Waals surface area contributed by atoms with Crippen LogP contribution in [0.15, 0.2) is 0 Å². The average molecular weight is 167 g/mol. The van der Waals surface area contributed by atoms with Crippen molar-refractivity contribution in [3.8, 4) is 0 Å². The lowest BCUT2D eigenvalue weighted by atomic mass is 10.2. The van der Waals surface area contributed by atoms with Gasteiger partial charge < -0.3 is 10.5 Å². The Hall–Kier alpha value is -0.220. The minimum absolute atomic E-state index is 0.130. The second-order valence-corrected chi connectivity index (χ2v) is 2.59. The van der Waals surface area contributed by atoms with E-state index in [1.807, 2.05) is 6.92 Å². The lowest BCUT2D eigenvalue weighted by molar-refractivity contribution is 0.0160. The van der Waals surface area contributed by atoms with Crippen LogP contribution in [0.5, 0.6) is 0 Å².